The van der Waals surface area contributed by atoms with E-state index in [1.54, 1.807) is 19.9 Å². The molecule has 1 saturated heterocycles. The summed E-state index contributed by atoms with van der Waals surface area (Å²) < 4.78 is 0. The highest BCUT2D eigenvalue weighted by Crippen LogP contribution is 2.06. The summed E-state index contributed by atoms with van der Waals surface area (Å²) in [6.07, 6.45) is 5.57. The molecule has 31 heavy (non-hydrogen) atoms. The molecule has 0 aromatic rings. The molecule has 0 unspecified atom stereocenters. The molecule has 0 radical (unpaired) electrons. The standard InChI is InChI=1S/C22H36N4O5/c1-13(2)9-6-7-11-17(27)25-16-10-8-12-23-21(30)18(14(3)4)26-22(31)19(28)15(5)24-20(16)29/h7,11,13-16,18H,6,8-10,12H2,1-5H3,(H,23,30)(H,24,29)(H,25,27)(H,26,31)/b11-7+/t15-,16-,18-/m0/s1. The average molecular weight is 437 g/mol. The van der Waals surface area contributed by atoms with E-state index in [-0.39, 0.29) is 18.9 Å². The van der Waals surface area contributed by atoms with Gasteiger partial charge in [0.25, 0.3) is 5.91 Å². The molecule has 1 heterocycles. The van der Waals surface area contributed by atoms with Crippen molar-refractivity contribution in [3.63, 3.8) is 0 Å². The highest BCUT2D eigenvalue weighted by molar-refractivity contribution is 6.38. The fourth-order valence-electron chi connectivity index (χ4n) is 3.06. The molecule has 0 aliphatic carbocycles. The van der Waals surface area contributed by atoms with E-state index in [9.17, 15) is 24.0 Å². The van der Waals surface area contributed by atoms with Gasteiger partial charge in [-0.2, -0.15) is 0 Å². The Morgan fingerprint density at radius 3 is 2.39 bits per heavy atom. The number of rotatable bonds is 6. The third-order valence-corrected chi connectivity index (χ3v) is 4.99. The molecule has 9 heteroatoms. The molecule has 0 aromatic heterocycles. The number of Topliss-reactive ketones (excluding diaryl/α,β-unsaturated/α-hetero) is 1. The van der Waals surface area contributed by atoms with Crippen molar-refractivity contribution in [1.29, 1.82) is 0 Å². The third kappa shape index (κ3) is 9.31. The van der Waals surface area contributed by atoms with E-state index < -0.39 is 47.5 Å². The highest BCUT2D eigenvalue weighted by atomic mass is 16.2. The Balaban J connectivity index is 2.90. The van der Waals surface area contributed by atoms with E-state index in [4.69, 9.17) is 0 Å². The monoisotopic (exact) mass is 436 g/mol. The summed E-state index contributed by atoms with van der Waals surface area (Å²) in [4.78, 5) is 61.9. The molecular formula is C22H36N4O5. The first kappa shape index (κ1) is 26.3. The van der Waals surface area contributed by atoms with Crippen LogP contribution in [0.15, 0.2) is 12.2 Å². The van der Waals surface area contributed by atoms with Crippen LogP contribution in [0.25, 0.3) is 0 Å². The van der Waals surface area contributed by atoms with E-state index in [0.717, 1.165) is 12.8 Å². The predicted octanol–water partition coefficient (Wildman–Crippen LogP) is 0.588. The van der Waals surface area contributed by atoms with Crippen molar-refractivity contribution in [2.45, 2.75) is 78.4 Å². The fraction of sp³-hybridized carbons (Fsp3) is 0.682. The maximum atomic E-state index is 12.6. The summed E-state index contributed by atoms with van der Waals surface area (Å²) in [6.45, 7) is 9.38. The Morgan fingerprint density at radius 1 is 1.10 bits per heavy atom. The second kappa shape index (κ2) is 12.9. The van der Waals surface area contributed by atoms with Crippen LogP contribution in [0, 0.1) is 11.8 Å². The van der Waals surface area contributed by atoms with E-state index in [0.29, 0.717) is 12.3 Å². The van der Waals surface area contributed by atoms with Gasteiger partial charge in [-0.15, -0.1) is 0 Å². The topological polar surface area (TPSA) is 133 Å². The van der Waals surface area contributed by atoms with Crippen LogP contribution >= 0.6 is 0 Å². The van der Waals surface area contributed by atoms with Gasteiger partial charge in [0.15, 0.2) is 0 Å². The lowest BCUT2D eigenvalue weighted by molar-refractivity contribution is -0.141. The summed E-state index contributed by atoms with van der Waals surface area (Å²) >= 11 is 0. The van der Waals surface area contributed by atoms with Crippen molar-refractivity contribution in [3.05, 3.63) is 12.2 Å². The maximum Gasteiger partial charge on any atom is 0.290 e. The van der Waals surface area contributed by atoms with E-state index >= 15 is 0 Å². The van der Waals surface area contributed by atoms with E-state index in [1.165, 1.54) is 13.0 Å². The fourth-order valence-corrected chi connectivity index (χ4v) is 3.06. The van der Waals surface area contributed by atoms with Crippen LogP contribution in [0.4, 0.5) is 0 Å². The molecular weight excluding hydrogens is 400 g/mol. The molecule has 174 valence electrons. The Bertz CT molecular complexity index is 702. The molecule has 1 rings (SSSR count). The average Bonchev–Trinajstić information content (AvgIpc) is 2.69. The molecule has 0 saturated carbocycles. The molecule has 3 atom stereocenters. The highest BCUT2D eigenvalue weighted by Gasteiger charge is 2.31. The Hall–Kier alpha value is -2.71. The SMILES string of the molecule is CC(C)CC/C=C/C(=O)N[C@H]1CCCNC(=O)[C@H](C(C)C)NC(=O)C(=O)[C@H](C)NC1=O. The zero-order chi connectivity index (χ0) is 23.6. The van der Waals surface area contributed by atoms with Crippen LogP contribution in [0.1, 0.15) is 60.3 Å². The summed E-state index contributed by atoms with van der Waals surface area (Å²) in [7, 11) is 0. The molecule has 4 N–H and O–H groups in total. The lowest BCUT2D eigenvalue weighted by Crippen LogP contribution is -2.55. The second-order valence-corrected chi connectivity index (χ2v) is 8.66. The van der Waals surface area contributed by atoms with Gasteiger partial charge in [-0.3, -0.25) is 24.0 Å². The molecule has 0 spiro atoms. The van der Waals surface area contributed by atoms with Crippen LogP contribution in [0.2, 0.25) is 0 Å². The lowest BCUT2D eigenvalue weighted by Gasteiger charge is -2.22. The zero-order valence-electron chi connectivity index (χ0n) is 19.1. The van der Waals surface area contributed by atoms with Gasteiger partial charge in [0.1, 0.15) is 12.1 Å². The maximum absolute atomic E-state index is 12.6. The van der Waals surface area contributed by atoms with Gasteiger partial charge in [-0.25, -0.2) is 0 Å². The van der Waals surface area contributed by atoms with Gasteiger partial charge in [0, 0.05) is 6.54 Å². The van der Waals surface area contributed by atoms with Gasteiger partial charge >= 0.3 is 0 Å². The molecule has 1 aliphatic rings. The van der Waals surface area contributed by atoms with Gasteiger partial charge in [-0.05, 0) is 50.5 Å². The van der Waals surface area contributed by atoms with Gasteiger partial charge in [0.2, 0.25) is 23.5 Å². The number of carbonyl (C=O) groups is 5. The third-order valence-electron chi connectivity index (χ3n) is 4.99. The minimum Gasteiger partial charge on any atom is -0.354 e. The summed E-state index contributed by atoms with van der Waals surface area (Å²) in [6, 6.07) is -2.84. The number of nitrogens with one attached hydrogen (secondary N) is 4. The van der Waals surface area contributed by atoms with Crippen molar-refractivity contribution < 1.29 is 24.0 Å². The molecule has 1 aliphatic heterocycles. The normalized spacial score (nSPS) is 24.2. The van der Waals surface area contributed by atoms with Crippen molar-refractivity contribution in [3.8, 4) is 0 Å². The van der Waals surface area contributed by atoms with Crippen LogP contribution in [0.3, 0.4) is 0 Å². The predicted molar refractivity (Wildman–Crippen MR) is 117 cm³/mol. The van der Waals surface area contributed by atoms with Gasteiger partial charge in [-0.1, -0.05) is 33.8 Å². The first-order valence-electron chi connectivity index (χ1n) is 10.9. The number of carbonyl (C=O) groups excluding carboxylic acids is 5. The van der Waals surface area contributed by atoms with Crippen LogP contribution < -0.4 is 21.3 Å². The quantitative estimate of drug-likeness (QED) is 0.357. The van der Waals surface area contributed by atoms with E-state index in [2.05, 4.69) is 35.1 Å². The summed E-state index contributed by atoms with van der Waals surface area (Å²) in [5.41, 5.74) is 0. The van der Waals surface area contributed by atoms with Crippen molar-refractivity contribution in [2.75, 3.05) is 6.54 Å². The van der Waals surface area contributed by atoms with Crippen molar-refractivity contribution in [1.82, 2.24) is 21.3 Å². The Kier molecular flexibility index (Phi) is 10.9. The summed E-state index contributed by atoms with van der Waals surface area (Å²) in [5.74, 6) is -2.84. The zero-order valence-corrected chi connectivity index (χ0v) is 19.1. The molecule has 9 nitrogen and oxygen atoms in total. The number of amides is 4. The molecule has 0 bridgehead atoms. The van der Waals surface area contributed by atoms with Crippen molar-refractivity contribution >= 4 is 29.4 Å². The molecule has 4 amide bonds. The summed E-state index contributed by atoms with van der Waals surface area (Å²) in [5, 5.41) is 10.3. The number of hydrogen-bond donors (Lipinski definition) is 4. The molecule has 0 aromatic carbocycles. The lowest BCUT2D eigenvalue weighted by atomic mass is 10.0. The minimum absolute atomic E-state index is 0.221. The van der Waals surface area contributed by atoms with Crippen LogP contribution in [0.5, 0.6) is 0 Å². The van der Waals surface area contributed by atoms with Gasteiger partial charge in [0.05, 0.1) is 6.04 Å². The minimum atomic E-state index is -1.09. The number of allylic oxidation sites excluding steroid dienone is 1. The largest absolute Gasteiger partial charge is 0.354 e. The number of hydrogen-bond acceptors (Lipinski definition) is 5. The van der Waals surface area contributed by atoms with Gasteiger partial charge < -0.3 is 21.3 Å². The first-order valence-corrected chi connectivity index (χ1v) is 10.9. The molecule has 1 fully saturated rings. The van der Waals surface area contributed by atoms with Crippen LogP contribution in [-0.2, 0) is 24.0 Å². The number of ketones is 1. The van der Waals surface area contributed by atoms with E-state index in [1.807, 2.05) is 0 Å². The Labute approximate surface area is 184 Å². The second-order valence-electron chi connectivity index (χ2n) is 8.66. The van der Waals surface area contributed by atoms with Crippen LogP contribution in [-0.4, -0.2) is 54.1 Å². The van der Waals surface area contributed by atoms with Crippen molar-refractivity contribution in [2.24, 2.45) is 11.8 Å². The first-order chi connectivity index (χ1) is 14.5. The smallest absolute Gasteiger partial charge is 0.290 e. The Morgan fingerprint density at radius 2 is 1.77 bits per heavy atom.